The molecule has 0 atom stereocenters. The summed E-state index contributed by atoms with van der Waals surface area (Å²) < 4.78 is 2.79. The van der Waals surface area contributed by atoms with Crippen LogP contribution in [-0.4, -0.2) is 39.6 Å². The van der Waals surface area contributed by atoms with Gasteiger partial charge in [0.25, 0.3) is 0 Å². The first-order valence-electron chi connectivity index (χ1n) is 6.91. The topological polar surface area (TPSA) is 6.48 Å². The molecule has 0 aromatic rings. The van der Waals surface area contributed by atoms with Crippen LogP contribution >= 0.6 is 0 Å². The standard InChI is InChI=1S/C13H33N2Si2/c1-12(2)10-14(11-13(3)4)15(16(5)6)17(7,8)9/h12-13H,10-11H2,1-9H3. The molecular formula is C13H33N2Si2. The van der Waals surface area contributed by atoms with Crippen molar-refractivity contribution in [1.82, 2.24) is 9.35 Å². The van der Waals surface area contributed by atoms with E-state index in [0.717, 1.165) is 11.8 Å². The molecule has 2 nitrogen and oxygen atoms in total. The third-order valence-electron chi connectivity index (χ3n) is 2.49. The summed E-state index contributed by atoms with van der Waals surface area (Å²) in [6, 6.07) is 0. The van der Waals surface area contributed by atoms with Crippen molar-refractivity contribution in [2.75, 3.05) is 13.1 Å². The second kappa shape index (κ2) is 7.07. The lowest BCUT2D eigenvalue weighted by Gasteiger charge is -2.47. The highest BCUT2D eigenvalue weighted by Gasteiger charge is 2.32. The number of hydrogen-bond acceptors (Lipinski definition) is 2. The molecule has 0 bridgehead atoms. The van der Waals surface area contributed by atoms with Gasteiger partial charge in [0.2, 0.25) is 0 Å². The minimum Gasteiger partial charge on any atom is -0.284 e. The molecule has 4 heteroatoms. The van der Waals surface area contributed by atoms with Crippen LogP contribution in [0.3, 0.4) is 0 Å². The van der Waals surface area contributed by atoms with Crippen molar-refractivity contribution in [1.29, 1.82) is 0 Å². The van der Waals surface area contributed by atoms with Crippen LogP contribution in [-0.2, 0) is 0 Å². The van der Waals surface area contributed by atoms with Crippen LogP contribution in [0.25, 0.3) is 0 Å². The van der Waals surface area contributed by atoms with Gasteiger partial charge in [-0.05, 0) is 11.8 Å². The molecule has 0 aliphatic carbocycles. The maximum atomic E-state index is 2.79. The highest BCUT2D eigenvalue weighted by molar-refractivity contribution is 6.82. The summed E-state index contributed by atoms with van der Waals surface area (Å²) in [7, 11) is -1.64. The van der Waals surface area contributed by atoms with Crippen molar-refractivity contribution in [2.24, 2.45) is 11.8 Å². The Balaban J connectivity index is 4.94. The Labute approximate surface area is 112 Å². The van der Waals surface area contributed by atoms with E-state index in [1.807, 2.05) is 0 Å². The summed E-state index contributed by atoms with van der Waals surface area (Å²) in [5, 5.41) is 2.66. The van der Waals surface area contributed by atoms with E-state index < -0.39 is 17.2 Å². The molecule has 0 heterocycles. The van der Waals surface area contributed by atoms with Crippen LogP contribution in [0.1, 0.15) is 27.7 Å². The monoisotopic (exact) mass is 273 g/mol. The number of nitrogens with zero attached hydrogens (tertiary/aromatic N) is 2. The minimum absolute atomic E-state index is 0.398. The predicted molar refractivity (Wildman–Crippen MR) is 83.9 cm³/mol. The van der Waals surface area contributed by atoms with Gasteiger partial charge in [-0.1, -0.05) is 60.4 Å². The van der Waals surface area contributed by atoms with E-state index in [2.05, 4.69) is 69.8 Å². The summed E-state index contributed by atoms with van der Waals surface area (Å²) in [6.07, 6.45) is 0. The molecule has 0 N–H and O–H groups in total. The van der Waals surface area contributed by atoms with Gasteiger partial charge in [-0.2, -0.15) is 0 Å². The van der Waals surface area contributed by atoms with Gasteiger partial charge in [0.1, 0.15) is 17.2 Å². The van der Waals surface area contributed by atoms with Crippen LogP contribution in [0.15, 0.2) is 0 Å². The molecular weight excluding hydrogens is 240 g/mol. The van der Waals surface area contributed by atoms with Gasteiger partial charge in [-0.3, -0.25) is 9.35 Å². The molecule has 0 saturated heterocycles. The quantitative estimate of drug-likeness (QED) is 0.513. The summed E-state index contributed by atoms with van der Waals surface area (Å²) in [6.45, 7) is 24.0. The zero-order valence-corrected chi connectivity index (χ0v) is 15.5. The van der Waals surface area contributed by atoms with Crippen molar-refractivity contribution in [3.63, 3.8) is 0 Å². The van der Waals surface area contributed by atoms with E-state index >= 15 is 0 Å². The lowest BCUT2D eigenvalue weighted by atomic mass is 10.2. The third-order valence-corrected chi connectivity index (χ3v) is 8.53. The fourth-order valence-corrected chi connectivity index (χ4v) is 9.57. The number of rotatable bonds is 7. The van der Waals surface area contributed by atoms with Gasteiger partial charge in [-0.15, -0.1) is 0 Å². The Bertz CT molecular complexity index is 200. The van der Waals surface area contributed by atoms with E-state index in [0.29, 0.717) is 0 Å². The molecule has 0 fully saturated rings. The predicted octanol–water partition coefficient (Wildman–Crippen LogP) is 3.90. The smallest absolute Gasteiger partial charge is 0.139 e. The van der Waals surface area contributed by atoms with E-state index in [4.69, 9.17) is 0 Å². The van der Waals surface area contributed by atoms with Crippen LogP contribution < -0.4 is 0 Å². The average molecular weight is 274 g/mol. The molecule has 17 heavy (non-hydrogen) atoms. The molecule has 1 radical (unpaired) electrons. The van der Waals surface area contributed by atoms with Crippen molar-refractivity contribution >= 4 is 17.2 Å². The van der Waals surface area contributed by atoms with E-state index in [-0.39, 0.29) is 0 Å². The maximum Gasteiger partial charge on any atom is 0.139 e. The van der Waals surface area contributed by atoms with Crippen molar-refractivity contribution in [3.8, 4) is 0 Å². The first-order chi connectivity index (χ1) is 7.55. The maximum absolute atomic E-state index is 2.79. The van der Waals surface area contributed by atoms with Crippen LogP contribution in [0.2, 0.25) is 32.7 Å². The third kappa shape index (κ3) is 6.74. The fraction of sp³-hybridized carbons (Fsp3) is 1.00. The van der Waals surface area contributed by atoms with Gasteiger partial charge in [0.05, 0.1) is 0 Å². The number of hydrazine groups is 1. The van der Waals surface area contributed by atoms with E-state index in [9.17, 15) is 0 Å². The van der Waals surface area contributed by atoms with Crippen LogP contribution in [0, 0.1) is 11.8 Å². The van der Waals surface area contributed by atoms with Crippen molar-refractivity contribution in [3.05, 3.63) is 0 Å². The second-order valence-electron chi connectivity index (χ2n) is 7.09. The Morgan fingerprint density at radius 1 is 0.882 bits per heavy atom. The Hall–Kier alpha value is 0.354. The largest absolute Gasteiger partial charge is 0.284 e. The lowest BCUT2D eigenvalue weighted by molar-refractivity contribution is 0.0890. The molecule has 0 rings (SSSR count). The molecule has 0 aromatic carbocycles. The molecule has 0 unspecified atom stereocenters. The van der Waals surface area contributed by atoms with Gasteiger partial charge in [0.15, 0.2) is 0 Å². The van der Waals surface area contributed by atoms with E-state index in [1.54, 1.807) is 0 Å². The summed E-state index contributed by atoms with van der Waals surface area (Å²) >= 11 is 0. The summed E-state index contributed by atoms with van der Waals surface area (Å²) in [5.41, 5.74) is 0. The summed E-state index contributed by atoms with van der Waals surface area (Å²) in [4.78, 5) is 0. The highest BCUT2D eigenvalue weighted by Crippen LogP contribution is 2.18. The average Bonchev–Trinajstić information content (AvgIpc) is 1.95. The normalized spacial score (nSPS) is 13.8. The minimum atomic E-state index is -1.24. The van der Waals surface area contributed by atoms with Crippen LogP contribution in [0.5, 0.6) is 0 Å². The zero-order valence-electron chi connectivity index (χ0n) is 13.5. The van der Waals surface area contributed by atoms with Gasteiger partial charge < -0.3 is 0 Å². The molecule has 0 aliphatic heterocycles. The Morgan fingerprint density at radius 2 is 1.24 bits per heavy atom. The van der Waals surface area contributed by atoms with Gasteiger partial charge >= 0.3 is 0 Å². The van der Waals surface area contributed by atoms with E-state index in [1.165, 1.54) is 13.1 Å². The van der Waals surface area contributed by atoms with Gasteiger partial charge in [-0.25, -0.2) is 0 Å². The zero-order chi connectivity index (χ0) is 13.8. The van der Waals surface area contributed by atoms with Crippen molar-refractivity contribution < 1.29 is 0 Å². The molecule has 0 amide bonds. The van der Waals surface area contributed by atoms with Crippen molar-refractivity contribution in [2.45, 2.75) is 60.4 Å². The summed E-state index contributed by atoms with van der Waals surface area (Å²) in [5.74, 6) is 1.49. The van der Waals surface area contributed by atoms with Crippen LogP contribution in [0.4, 0.5) is 0 Å². The Morgan fingerprint density at radius 3 is 1.41 bits per heavy atom. The fourth-order valence-electron chi connectivity index (χ4n) is 2.46. The first kappa shape index (κ1) is 17.4. The molecule has 0 aliphatic rings. The molecule has 0 saturated carbocycles. The second-order valence-corrected chi connectivity index (χ2v) is 14.6. The Kier molecular flexibility index (Phi) is 7.22. The highest BCUT2D eigenvalue weighted by atomic mass is 28.4. The molecule has 0 spiro atoms. The first-order valence-corrected chi connectivity index (χ1v) is 12.8. The lowest BCUT2D eigenvalue weighted by Crippen LogP contribution is -2.62. The molecule has 0 aromatic heterocycles. The molecule has 103 valence electrons. The SMILES string of the molecule is CC(C)CN(CC(C)C)N([Si](C)C)[Si](C)(C)C. The number of hydrogen-bond donors (Lipinski definition) is 0. The van der Waals surface area contributed by atoms with Gasteiger partial charge in [0, 0.05) is 13.1 Å².